The lowest BCUT2D eigenvalue weighted by Gasteiger charge is -2.22. The second-order valence-corrected chi connectivity index (χ2v) is 6.86. The number of aromatic nitrogens is 2. The third kappa shape index (κ3) is 3.44. The first-order valence-corrected chi connectivity index (χ1v) is 9.20. The predicted octanol–water partition coefficient (Wildman–Crippen LogP) is 1.94. The average Bonchev–Trinajstić information content (AvgIpc) is 3.16. The molecule has 7 nitrogen and oxygen atoms in total. The highest BCUT2D eigenvalue weighted by Gasteiger charge is 2.29. The largest absolute Gasteiger partial charge is 0.366 e. The minimum absolute atomic E-state index is 0.157. The summed E-state index contributed by atoms with van der Waals surface area (Å²) in [5, 5.41) is 7.80. The molecule has 2 aromatic carbocycles. The van der Waals surface area contributed by atoms with E-state index in [1.54, 1.807) is 19.2 Å². The van der Waals surface area contributed by atoms with Crippen LogP contribution in [0, 0.1) is 0 Å². The summed E-state index contributed by atoms with van der Waals surface area (Å²) in [7, 11) is 1.77. The van der Waals surface area contributed by atoms with Crippen LogP contribution in [-0.4, -0.2) is 48.3 Å². The summed E-state index contributed by atoms with van der Waals surface area (Å²) < 4.78 is 0. The Balaban J connectivity index is 1.66. The van der Waals surface area contributed by atoms with E-state index in [1.807, 2.05) is 18.3 Å². The van der Waals surface area contributed by atoms with Crippen molar-refractivity contribution in [2.24, 2.45) is 10.7 Å². The van der Waals surface area contributed by atoms with Crippen LogP contribution in [0.1, 0.15) is 27.4 Å². The number of carbonyl (C=O) groups is 1. The third-order valence-corrected chi connectivity index (χ3v) is 5.08. The summed E-state index contributed by atoms with van der Waals surface area (Å²) in [5.74, 6) is 0.498. The summed E-state index contributed by atoms with van der Waals surface area (Å²) in [6, 6.07) is 14.0. The molecule has 1 saturated heterocycles. The number of nitrogens with one attached hydrogen (secondary N) is 2. The number of carbonyl (C=O) groups excluding carboxylic acids is 1. The topological polar surface area (TPSA) is 105 Å². The minimum Gasteiger partial charge on any atom is -0.366 e. The molecule has 7 heteroatoms. The molecule has 4 rings (SSSR count). The summed E-state index contributed by atoms with van der Waals surface area (Å²) >= 11 is 0. The summed E-state index contributed by atoms with van der Waals surface area (Å²) in [4.78, 5) is 24.5. The second kappa shape index (κ2) is 7.74. The Bertz CT molecular complexity index is 1050. The summed E-state index contributed by atoms with van der Waals surface area (Å²) in [5.41, 5.74) is 8.79. The fourth-order valence-electron chi connectivity index (χ4n) is 3.78. The van der Waals surface area contributed by atoms with E-state index in [1.165, 1.54) is 11.9 Å². The molecule has 0 radical (unpaired) electrons. The van der Waals surface area contributed by atoms with Crippen molar-refractivity contribution in [3.05, 3.63) is 65.5 Å². The van der Waals surface area contributed by atoms with Crippen molar-refractivity contribution in [2.75, 3.05) is 25.5 Å². The first kappa shape index (κ1) is 18.1. The van der Waals surface area contributed by atoms with Crippen LogP contribution in [0.4, 0.5) is 5.82 Å². The van der Waals surface area contributed by atoms with Crippen LogP contribution in [0.3, 0.4) is 0 Å². The van der Waals surface area contributed by atoms with E-state index >= 15 is 0 Å². The molecule has 4 N–H and O–H groups in total. The van der Waals surface area contributed by atoms with Crippen molar-refractivity contribution in [2.45, 2.75) is 12.0 Å². The lowest BCUT2D eigenvalue weighted by atomic mass is 9.93. The Labute approximate surface area is 163 Å². The Morgan fingerprint density at radius 3 is 2.93 bits per heavy atom. The number of fused-ring (bicyclic) bond motifs is 1. The van der Waals surface area contributed by atoms with Crippen LogP contribution in [0.25, 0.3) is 10.9 Å². The zero-order valence-electron chi connectivity index (χ0n) is 15.6. The van der Waals surface area contributed by atoms with Gasteiger partial charge in [-0.3, -0.25) is 9.79 Å². The number of hydrogen-bond acceptors (Lipinski definition) is 6. The fourth-order valence-corrected chi connectivity index (χ4v) is 3.78. The van der Waals surface area contributed by atoms with Gasteiger partial charge in [-0.25, -0.2) is 9.97 Å². The van der Waals surface area contributed by atoms with Crippen molar-refractivity contribution >= 4 is 28.8 Å². The number of hydrogen-bond donors (Lipinski definition) is 3. The van der Waals surface area contributed by atoms with Gasteiger partial charge in [0, 0.05) is 43.7 Å². The highest BCUT2D eigenvalue weighted by molar-refractivity contribution is 6.06. The molecule has 28 heavy (non-hydrogen) atoms. The smallest absolute Gasteiger partial charge is 0.250 e. The number of anilines is 1. The number of rotatable bonds is 5. The molecular formula is C21H22N6O. The molecule has 0 bridgehead atoms. The van der Waals surface area contributed by atoms with Gasteiger partial charge in [0.25, 0.3) is 5.91 Å². The normalized spacial score (nSPS) is 19.3. The highest BCUT2D eigenvalue weighted by Crippen LogP contribution is 2.28. The van der Waals surface area contributed by atoms with Crippen molar-refractivity contribution < 1.29 is 4.79 Å². The van der Waals surface area contributed by atoms with E-state index in [-0.39, 0.29) is 12.0 Å². The second-order valence-electron chi connectivity index (χ2n) is 6.86. The Morgan fingerprint density at radius 1 is 1.25 bits per heavy atom. The van der Waals surface area contributed by atoms with Gasteiger partial charge >= 0.3 is 0 Å². The molecule has 3 aromatic rings. The minimum atomic E-state index is -0.495. The molecule has 0 spiro atoms. The van der Waals surface area contributed by atoms with Crippen LogP contribution >= 0.6 is 0 Å². The molecule has 2 atom stereocenters. The van der Waals surface area contributed by atoms with Crippen LogP contribution in [0.15, 0.2) is 53.8 Å². The van der Waals surface area contributed by atoms with Gasteiger partial charge in [-0.2, -0.15) is 0 Å². The summed E-state index contributed by atoms with van der Waals surface area (Å²) in [6.45, 7) is 1.69. The summed E-state index contributed by atoms with van der Waals surface area (Å²) in [6.07, 6.45) is 3.32. The first-order valence-electron chi connectivity index (χ1n) is 9.20. The molecule has 1 amide bonds. The number of benzene rings is 2. The first-order chi connectivity index (χ1) is 13.7. The zero-order chi connectivity index (χ0) is 19.5. The number of nitrogens with zero attached hydrogens (tertiary/aromatic N) is 3. The quantitative estimate of drug-likeness (QED) is 0.592. The third-order valence-electron chi connectivity index (χ3n) is 5.08. The van der Waals surface area contributed by atoms with Gasteiger partial charge in [0.15, 0.2) is 0 Å². The van der Waals surface area contributed by atoms with Gasteiger partial charge in [0.05, 0.1) is 11.1 Å². The molecular weight excluding hydrogens is 352 g/mol. The van der Waals surface area contributed by atoms with Gasteiger partial charge < -0.3 is 16.4 Å². The average molecular weight is 374 g/mol. The zero-order valence-corrected chi connectivity index (χ0v) is 15.6. The standard InChI is InChI=1S/C21H22N6O/c1-23-9-13-4-2-5-14(8-13)17-10-24-11-18(17)27-21-16-7-3-6-15(20(22)28)19(16)25-12-26-21/h2-9,12,17-18,24H,10-11H2,1H3,(H2,22,28)(H,25,26,27)/b23-9-/t17-,18+/m1/s1. The van der Waals surface area contributed by atoms with E-state index < -0.39 is 5.91 Å². The fraction of sp³-hybridized carbons (Fsp3) is 0.238. The number of amides is 1. The molecule has 2 heterocycles. The monoisotopic (exact) mass is 374 g/mol. The SMILES string of the molecule is C/N=C\c1cccc([C@H]2CNC[C@@H]2Nc2ncnc3c(C(N)=O)cccc23)c1. The molecule has 0 aliphatic carbocycles. The van der Waals surface area contributed by atoms with E-state index in [2.05, 4.69) is 43.8 Å². The number of primary amides is 1. The Morgan fingerprint density at radius 2 is 2.11 bits per heavy atom. The van der Waals surface area contributed by atoms with Gasteiger partial charge in [-0.15, -0.1) is 0 Å². The van der Waals surface area contributed by atoms with Gasteiger partial charge in [0.1, 0.15) is 12.1 Å². The van der Waals surface area contributed by atoms with Gasteiger partial charge in [-0.05, 0) is 29.3 Å². The van der Waals surface area contributed by atoms with Gasteiger partial charge in [-0.1, -0.05) is 24.3 Å². The van der Waals surface area contributed by atoms with Crippen LogP contribution < -0.4 is 16.4 Å². The van der Waals surface area contributed by atoms with Crippen LogP contribution in [-0.2, 0) is 0 Å². The number of nitrogens with two attached hydrogens (primary N) is 1. The molecule has 142 valence electrons. The van der Waals surface area contributed by atoms with Crippen LogP contribution in [0.2, 0.25) is 0 Å². The molecule has 1 aliphatic rings. The lowest BCUT2D eigenvalue weighted by Crippen LogP contribution is -2.28. The van der Waals surface area contributed by atoms with E-state index in [4.69, 9.17) is 5.73 Å². The molecule has 1 fully saturated rings. The lowest BCUT2D eigenvalue weighted by molar-refractivity contribution is 0.100. The van der Waals surface area contributed by atoms with Crippen LogP contribution in [0.5, 0.6) is 0 Å². The van der Waals surface area contributed by atoms with Crippen molar-refractivity contribution in [1.29, 1.82) is 0 Å². The maximum absolute atomic E-state index is 11.7. The molecule has 1 aliphatic heterocycles. The predicted molar refractivity (Wildman–Crippen MR) is 111 cm³/mol. The van der Waals surface area contributed by atoms with Gasteiger partial charge in [0.2, 0.25) is 0 Å². The van der Waals surface area contributed by atoms with E-state index in [0.717, 1.165) is 24.0 Å². The van der Waals surface area contributed by atoms with Crippen molar-refractivity contribution in [3.8, 4) is 0 Å². The highest BCUT2D eigenvalue weighted by atomic mass is 16.1. The molecule has 0 unspecified atom stereocenters. The van der Waals surface area contributed by atoms with E-state index in [9.17, 15) is 4.79 Å². The maximum Gasteiger partial charge on any atom is 0.250 e. The van der Waals surface area contributed by atoms with Crippen molar-refractivity contribution in [1.82, 2.24) is 15.3 Å². The Kier molecular flexibility index (Phi) is 4.99. The Hall–Kier alpha value is -3.32. The molecule has 1 aromatic heterocycles. The van der Waals surface area contributed by atoms with Crippen molar-refractivity contribution in [3.63, 3.8) is 0 Å². The maximum atomic E-state index is 11.7. The van der Waals surface area contributed by atoms with E-state index in [0.29, 0.717) is 16.9 Å². The molecule has 0 saturated carbocycles. The number of para-hydroxylation sites is 1. The number of aliphatic imine (C=N–C) groups is 1.